The highest BCUT2D eigenvalue weighted by molar-refractivity contribution is 5.83. The number of carbonyl (C=O) groups excluding carboxylic acids is 1. The van der Waals surface area contributed by atoms with Crippen LogP contribution in [0.3, 0.4) is 0 Å². The predicted octanol–water partition coefficient (Wildman–Crippen LogP) is 0.694. The molecular weight excluding hydrogens is 286 g/mol. The number of urea groups is 1. The van der Waals surface area contributed by atoms with Gasteiger partial charge in [-0.3, -0.25) is 0 Å². The van der Waals surface area contributed by atoms with Crippen molar-refractivity contribution in [3.05, 3.63) is 35.4 Å². The van der Waals surface area contributed by atoms with E-state index < -0.39 is 35.8 Å². The van der Waals surface area contributed by atoms with Crippen LogP contribution in [-0.2, 0) is 11.3 Å². The summed E-state index contributed by atoms with van der Waals surface area (Å²) >= 11 is 0. The SMILES string of the molecule is O=C(O)[C@H]1C[C@@H](O)CN1C(=O)NCc1cc(F)ccc1F. The number of carboxylic acid groups (broad SMARTS) is 1. The summed E-state index contributed by atoms with van der Waals surface area (Å²) in [6.07, 6.45) is -0.973. The fraction of sp³-hybridized carbons (Fsp3) is 0.385. The molecule has 1 aliphatic heterocycles. The molecule has 6 nitrogen and oxygen atoms in total. The van der Waals surface area contributed by atoms with Gasteiger partial charge in [0.15, 0.2) is 0 Å². The number of carbonyl (C=O) groups is 2. The highest BCUT2D eigenvalue weighted by Crippen LogP contribution is 2.18. The zero-order valence-electron chi connectivity index (χ0n) is 10.9. The van der Waals surface area contributed by atoms with Crippen LogP contribution in [0, 0.1) is 11.6 Å². The van der Waals surface area contributed by atoms with Gasteiger partial charge in [0.25, 0.3) is 0 Å². The first-order chi connectivity index (χ1) is 9.88. The van der Waals surface area contributed by atoms with Crippen LogP contribution in [0.1, 0.15) is 12.0 Å². The Bertz CT molecular complexity index is 567. The van der Waals surface area contributed by atoms with E-state index in [4.69, 9.17) is 5.11 Å². The first kappa shape index (κ1) is 15.2. The maximum absolute atomic E-state index is 13.4. The van der Waals surface area contributed by atoms with Crippen molar-refractivity contribution >= 4 is 12.0 Å². The average Bonchev–Trinajstić information content (AvgIpc) is 2.82. The minimum absolute atomic E-state index is 0.0463. The second-order valence-electron chi connectivity index (χ2n) is 4.79. The first-order valence-corrected chi connectivity index (χ1v) is 6.27. The third-order valence-electron chi connectivity index (χ3n) is 3.26. The maximum Gasteiger partial charge on any atom is 0.326 e. The summed E-state index contributed by atoms with van der Waals surface area (Å²) < 4.78 is 26.4. The quantitative estimate of drug-likeness (QED) is 0.766. The second kappa shape index (κ2) is 6.04. The van der Waals surface area contributed by atoms with Crippen LogP contribution in [0.4, 0.5) is 13.6 Å². The molecule has 114 valence electrons. The van der Waals surface area contributed by atoms with Crippen LogP contribution in [0.5, 0.6) is 0 Å². The molecule has 0 saturated carbocycles. The summed E-state index contributed by atoms with van der Waals surface area (Å²) in [5.74, 6) is -2.53. The summed E-state index contributed by atoms with van der Waals surface area (Å²) in [6, 6.07) is 0.970. The molecule has 1 heterocycles. The molecule has 1 aliphatic rings. The molecule has 1 aromatic rings. The van der Waals surface area contributed by atoms with E-state index in [0.29, 0.717) is 0 Å². The molecule has 21 heavy (non-hydrogen) atoms. The number of carboxylic acids is 1. The summed E-state index contributed by atoms with van der Waals surface area (Å²) in [4.78, 5) is 23.9. The van der Waals surface area contributed by atoms with E-state index in [1.165, 1.54) is 0 Å². The Hall–Kier alpha value is -2.22. The van der Waals surface area contributed by atoms with Crippen LogP contribution in [0.15, 0.2) is 18.2 Å². The van der Waals surface area contributed by atoms with Crippen LogP contribution in [0.2, 0.25) is 0 Å². The number of likely N-dealkylation sites (tertiary alicyclic amines) is 1. The van der Waals surface area contributed by atoms with Gasteiger partial charge in [-0.15, -0.1) is 0 Å². The molecule has 0 aliphatic carbocycles. The number of nitrogens with one attached hydrogen (secondary N) is 1. The van der Waals surface area contributed by atoms with Crippen molar-refractivity contribution < 1.29 is 28.6 Å². The average molecular weight is 300 g/mol. The predicted molar refractivity (Wildman–Crippen MR) is 67.3 cm³/mol. The molecule has 2 atom stereocenters. The van der Waals surface area contributed by atoms with E-state index in [1.54, 1.807) is 0 Å². The number of rotatable bonds is 3. The molecular formula is C13H14F2N2O4. The molecule has 3 N–H and O–H groups in total. The Morgan fingerprint density at radius 2 is 2.10 bits per heavy atom. The van der Waals surface area contributed by atoms with Crippen molar-refractivity contribution in [3.8, 4) is 0 Å². The number of aliphatic carboxylic acids is 1. The van der Waals surface area contributed by atoms with Crippen LogP contribution >= 0.6 is 0 Å². The lowest BCUT2D eigenvalue weighted by molar-refractivity contribution is -0.141. The molecule has 8 heteroatoms. The number of β-amino-alcohol motifs (C(OH)–C–C–N with tert-alkyl or cyclic N) is 1. The van der Waals surface area contributed by atoms with Gasteiger partial charge in [0.05, 0.1) is 6.10 Å². The highest BCUT2D eigenvalue weighted by atomic mass is 19.1. The number of aliphatic hydroxyl groups is 1. The molecule has 0 bridgehead atoms. The maximum atomic E-state index is 13.4. The third kappa shape index (κ3) is 3.46. The largest absolute Gasteiger partial charge is 0.480 e. The van der Waals surface area contributed by atoms with Gasteiger partial charge >= 0.3 is 12.0 Å². The fourth-order valence-electron chi connectivity index (χ4n) is 2.22. The van der Waals surface area contributed by atoms with E-state index in [0.717, 1.165) is 23.1 Å². The standard InChI is InChI=1S/C13H14F2N2O4/c14-8-1-2-10(15)7(3-8)5-16-13(21)17-6-9(18)4-11(17)12(19)20/h1-3,9,11,18H,4-6H2,(H,16,21)(H,19,20)/t9-,11-/m1/s1. The lowest BCUT2D eigenvalue weighted by Gasteiger charge is -2.21. The number of nitrogens with zero attached hydrogens (tertiary/aromatic N) is 1. The summed E-state index contributed by atoms with van der Waals surface area (Å²) in [6.45, 7) is -0.393. The number of hydrogen-bond donors (Lipinski definition) is 3. The van der Waals surface area contributed by atoms with E-state index in [-0.39, 0.29) is 25.1 Å². The van der Waals surface area contributed by atoms with Crippen molar-refractivity contribution in [2.75, 3.05) is 6.54 Å². The van der Waals surface area contributed by atoms with Crippen molar-refractivity contribution in [3.63, 3.8) is 0 Å². The van der Waals surface area contributed by atoms with Gasteiger partial charge in [0.1, 0.15) is 17.7 Å². The van der Waals surface area contributed by atoms with Crippen LogP contribution in [0.25, 0.3) is 0 Å². The number of amides is 2. The normalized spacial score (nSPS) is 21.4. The molecule has 0 aromatic heterocycles. The Labute approximate surface area is 119 Å². The van der Waals surface area contributed by atoms with Gasteiger partial charge in [-0.25, -0.2) is 18.4 Å². The van der Waals surface area contributed by atoms with Gasteiger partial charge in [-0.1, -0.05) is 0 Å². The zero-order valence-corrected chi connectivity index (χ0v) is 10.9. The summed E-state index contributed by atoms with van der Waals surface area (Å²) in [5.41, 5.74) is -0.0463. The van der Waals surface area contributed by atoms with Crippen LogP contribution < -0.4 is 5.32 Å². The number of halogens is 2. The molecule has 0 spiro atoms. The van der Waals surface area contributed by atoms with Gasteiger partial charge in [-0.05, 0) is 18.2 Å². The number of benzene rings is 1. The Balaban J connectivity index is 2.01. The van der Waals surface area contributed by atoms with Gasteiger partial charge in [0, 0.05) is 25.1 Å². The monoisotopic (exact) mass is 300 g/mol. The minimum atomic E-state index is -1.22. The van der Waals surface area contributed by atoms with Crippen molar-refractivity contribution in [1.29, 1.82) is 0 Å². The van der Waals surface area contributed by atoms with Crippen molar-refractivity contribution in [1.82, 2.24) is 10.2 Å². The molecule has 0 unspecified atom stereocenters. The van der Waals surface area contributed by atoms with E-state index in [1.807, 2.05) is 0 Å². The lowest BCUT2D eigenvalue weighted by atomic mass is 10.2. The van der Waals surface area contributed by atoms with Crippen molar-refractivity contribution in [2.45, 2.75) is 25.1 Å². The molecule has 1 aromatic carbocycles. The Morgan fingerprint density at radius 3 is 2.76 bits per heavy atom. The van der Waals surface area contributed by atoms with Crippen LogP contribution in [-0.4, -0.2) is 45.8 Å². The Kier molecular flexibility index (Phi) is 4.37. The molecule has 1 saturated heterocycles. The van der Waals surface area contributed by atoms with Gasteiger partial charge in [-0.2, -0.15) is 0 Å². The third-order valence-corrected chi connectivity index (χ3v) is 3.26. The first-order valence-electron chi connectivity index (χ1n) is 6.27. The highest BCUT2D eigenvalue weighted by Gasteiger charge is 2.38. The van der Waals surface area contributed by atoms with Gasteiger partial charge in [0.2, 0.25) is 0 Å². The number of aliphatic hydroxyl groups excluding tert-OH is 1. The smallest absolute Gasteiger partial charge is 0.326 e. The molecule has 2 rings (SSSR count). The topological polar surface area (TPSA) is 89.9 Å². The minimum Gasteiger partial charge on any atom is -0.480 e. The Morgan fingerprint density at radius 1 is 1.38 bits per heavy atom. The molecule has 1 fully saturated rings. The summed E-state index contributed by atoms with van der Waals surface area (Å²) in [5, 5.41) is 20.7. The number of hydrogen-bond acceptors (Lipinski definition) is 3. The second-order valence-corrected chi connectivity index (χ2v) is 4.79. The van der Waals surface area contributed by atoms with Crippen molar-refractivity contribution in [2.24, 2.45) is 0 Å². The fourth-order valence-corrected chi connectivity index (χ4v) is 2.22. The van der Waals surface area contributed by atoms with E-state index in [2.05, 4.69) is 5.32 Å². The molecule has 2 amide bonds. The van der Waals surface area contributed by atoms with E-state index >= 15 is 0 Å². The zero-order chi connectivity index (χ0) is 15.6. The lowest BCUT2D eigenvalue weighted by Crippen LogP contribution is -2.46. The van der Waals surface area contributed by atoms with Gasteiger partial charge < -0.3 is 20.4 Å². The molecule has 0 radical (unpaired) electrons. The summed E-state index contributed by atoms with van der Waals surface area (Å²) in [7, 11) is 0. The van der Waals surface area contributed by atoms with E-state index in [9.17, 15) is 23.5 Å².